The van der Waals surface area contributed by atoms with E-state index >= 15 is 0 Å². The Hall–Kier alpha value is -0.790. The van der Waals surface area contributed by atoms with Gasteiger partial charge in [0.15, 0.2) is 5.96 Å². The third kappa shape index (κ3) is 6.67. The Labute approximate surface area is 145 Å². The molecule has 1 aromatic rings. The molecule has 1 unspecified atom stereocenters. The van der Waals surface area contributed by atoms with Crippen molar-refractivity contribution in [1.82, 2.24) is 15.8 Å². The first-order chi connectivity index (χ1) is 9.60. The normalized spacial score (nSPS) is 12.7. The van der Waals surface area contributed by atoms with E-state index in [1.54, 1.807) is 7.05 Å². The zero-order valence-corrected chi connectivity index (χ0v) is 16.2. The molecule has 0 amide bonds. The van der Waals surface area contributed by atoms with Crippen LogP contribution in [-0.4, -0.2) is 31.3 Å². The molecule has 0 fully saturated rings. The van der Waals surface area contributed by atoms with Gasteiger partial charge in [-0.3, -0.25) is 4.99 Å². The van der Waals surface area contributed by atoms with Gasteiger partial charge in [0, 0.05) is 31.6 Å². The number of aryl methyl sites for hydroxylation is 2. The van der Waals surface area contributed by atoms with E-state index in [0.29, 0.717) is 5.92 Å². The molecule has 0 bridgehead atoms. The number of aromatic nitrogens is 1. The quantitative estimate of drug-likeness (QED) is 0.314. The first kappa shape index (κ1) is 20.2. The van der Waals surface area contributed by atoms with Gasteiger partial charge >= 0.3 is 0 Å². The van der Waals surface area contributed by atoms with Crippen molar-refractivity contribution >= 4 is 29.9 Å². The predicted octanol–water partition coefficient (Wildman–Crippen LogP) is 3.37. The van der Waals surface area contributed by atoms with E-state index < -0.39 is 0 Å². The van der Waals surface area contributed by atoms with Crippen LogP contribution in [0.15, 0.2) is 9.52 Å². The topological polar surface area (TPSA) is 62.5 Å². The van der Waals surface area contributed by atoms with Crippen molar-refractivity contribution in [3.63, 3.8) is 0 Å². The summed E-state index contributed by atoms with van der Waals surface area (Å²) >= 11 is 0. The van der Waals surface area contributed by atoms with Crippen molar-refractivity contribution < 1.29 is 4.52 Å². The molecule has 0 aliphatic rings. The maximum atomic E-state index is 5.22. The molecule has 122 valence electrons. The summed E-state index contributed by atoms with van der Waals surface area (Å²) in [6.45, 7) is 10.1. The molecule has 1 atom stereocenters. The average molecular weight is 408 g/mol. The van der Waals surface area contributed by atoms with Crippen LogP contribution in [-0.2, 0) is 0 Å². The van der Waals surface area contributed by atoms with Crippen LogP contribution >= 0.6 is 24.0 Å². The highest BCUT2D eigenvalue weighted by atomic mass is 127. The minimum atomic E-state index is 0. The van der Waals surface area contributed by atoms with Gasteiger partial charge in [-0.2, -0.15) is 0 Å². The number of aliphatic imine (C=N–C) groups is 1. The van der Waals surface area contributed by atoms with Gasteiger partial charge in [-0.15, -0.1) is 24.0 Å². The van der Waals surface area contributed by atoms with Gasteiger partial charge in [-0.25, -0.2) is 0 Å². The third-order valence-corrected chi connectivity index (χ3v) is 3.45. The molecule has 21 heavy (non-hydrogen) atoms. The second-order valence-corrected chi connectivity index (χ2v) is 5.23. The summed E-state index contributed by atoms with van der Waals surface area (Å²) in [4.78, 5) is 4.24. The molecular weight excluding hydrogens is 379 g/mol. The summed E-state index contributed by atoms with van der Waals surface area (Å²) < 4.78 is 5.22. The van der Waals surface area contributed by atoms with E-state index in [-0.39, 0.29) is 24.0 Å². The van der Waals surface area contributed by atoms with Crippen LogP contribution in [0.5, 0.6) is 0 Å². The van der Waals surface area contributed by atoms with Crippen molar-refractivity contribution in [2.45, 2.75) is 52.9 Å². The maximum absolute atomic E-state index is 5.22. The lowest BCUT2D eigenvalue weighted by Crippen LogP contribution is -2.39. The van der Waals surface area contributed by atoms with Gasteiger partial charge < -0.3 is 15.2 Å². The molecule has 5 nitrogen and oxygen atoms in total. The number of unbranched alkanes of at least 4 members (excludes halogenated alkanes) is 2. The molecular formula is C15H29IN4O. The SMILES string of the molecule is CCCCCNC(=NC)NCC(C)c1c(C)noc1C.I. The Bertz CT molecular complexity index is 412. The number of nitrogens with one attached hydrogen (secondary N) is 2. The Kier molecular flexibility index (Phi) is 10.5. The number of hydrogen-bond donors (Lipinski definition) is 2. The zero-order chi connectivity index (χ0) is 15.0. The summed E-state index contributed by atoms with van der Waals surface area (Å²) in [6.07, 6.45) is 3.66. The molecule has 0 radical (unpaired) electrons. The Morgan fingerprint density at radius 2 is 2.00 bits per heavy atom. The van der Waals surface area contributed by atoms with E-state index in [4.69, 9.17) is 4.52 Å². The Morgan fingerprint density at radius 1 is 1.29 bits per heavy atom. The van der Waals surface area contributed by atoms with Crippen molar-refractivity contribution in [2.75, 3.05) is 20.1 Å². The molecule has 0 spiro atoms. The smallest absolute Gasteiger partial charge is 0.190 e. The van der Waals surface area contributed by atoms with Gasteiger partial charge in [0.25, 0.3) is 0 Å². The van der Waals surface area contributed by atoms with Crippen molar-refractivity contribution in [1.29, 1.82) is 0 Å². The predicted molar refractivity (Wildman–Crippen MR) is 98.7 cm³/mol. The monoisotopic (exact) mass is 408 g/mol. The number of nitrogens with zero attached hydrogens (tertiary/aromatic N) is 2. The van der Waals surface area contributed by atoms with Gasteiger partial charge in [0.2, 0.25) is 0 Å². The number of hydrogen-bond acceptors (Lipinski definition) is 3. The lowest BCUT2D eigenvalue weighted by Gasteiger charge is -2.16. The van der Waals surface area contributed by atoms with Gasteiger partial charge in [-0.05, 0) is 20.3 Å². The van der Waals surface area contributed by atoms with Gasteiger partial charge in [0.05, 0.1) is 5.69 Å². The van der Waals surface area contributed by atoms with E-state index in [1.165, 1.54) is 24.8 Å². The molecule has 6 heteroatoms. The molecule has 1 heterocycles. The second kappa shape index (κ2) is 10.9. The number of halogens is 1. The summed E-state index contributed by atoms with van der Waals surface area (Å²) in [6, 6.07) is 0. The summed E-state index contributed by atoms with van der Waals surface area (Å²) in [7, 11) is 1.80. The highest BCUT2D eigenvalue weighted by Crippen LogP contribution is 2.22. The van der Waals surface area contributed by atoms with Crippen molar-refractivity contribution in [2.24, 2.45) is 4.99 Å². The molecule has 0 aliphatic carbocycles. The highest BCUT2D eigenvalue weighted by molar-refractivity contribution is 14.0. The van der Waals surface area contributed by atoms with Crippen LogP contribution in [0.25, 0.3) is 0 Å². The first-order valence-electron chi connectivity index (χ1n) is 7.47. The lowest BCUT2D eigenvalue weighted by molar-refractivity contribution is 0.391. The third-order valence-electron chi connectivity index (χ3n) is 3.45. The van der Waals surface area contributed by atoms with E-state index in [1.807, 2.05) is 13.8 Å². The molecule has 0 saturated heterocycles. The van der Waals surface area contributed by atoms with E-state index in [9.17, 15) is 0 Å². The first-order valence-corrected chi connectivity index (χ1v) is 7.47. The summed E-state index contributed by atoms with van der Waals surface area (Å²) in [5.41, 5.74) is 2.17. The Balaban J connectivity index is 0.00000400. The van der Waals surface area contributed by atoms with Crippen molar-refractivity contribution in [3.8, 4) is 0 Å². The Morgan fingerprint density at radius 3 is 2.52 bits per heavy atom. The van der Waals surface area contributed by atoms with E-state index in [0.717, 1.165) is 30.5 Å². The maximum Gasteiger partial charge on any atom is 0.190 e. The fourth-order valence-electron chi connectivity index (χ4n) is 2.35. The lowest BCUT2D eigenvalue weighted by atomic mass is 10.00. The molecule has 1 aromatic heterocycles. The van der Waals surface area contributed by atoms with Gasteiger partial charge in [0.1, 0.15) is 5.76 Å². The summed E-state index contributed by atoms with van der Waals surface area (Å²) in [5.74, 6) is 2.11. The zero-order valence-electron chi connectivity index (χ0n) is 13.8. The van der Waals surface area contributed by atoms with Crippen LogP contribution < -0.4 is 10.6 Å². The van der Waals surface area contributed by atoms with Crippen LogP contribution in [0.1, 0.15) is 56.0 Å². The molecule has 0 aromatic carbocycles. The second-order valence-electron chi connectivity index (χ2n) is 5.23. The average Bonchev–Trinajstić information content (AvgIpc) is 2.77. The summed E-state index contributed by atoms with van der Waals surface area (Å²) in [5, 5.41) is 10.7. The van der Waals surface area contributed by atoms with Crippen LogP contribution in [0.4, 0.5) is 0 Å². The van der Waals surface area contributed by atoms with Crippen LogP contribution in [0.2, 0.25) is 0 Å². The fourth-order valence-corrected chi connectivity index (χ4v) is 2.35. The van der Waals surface area contributed by atoms with Gasteiger partial charge in [-0.1, -0.05) is 31.8 Å². The number of rotatable bonds is 7. The largest absolute Gasteiger partial charge is 0.361 e. The standard InChI is InChI=1S/C15H28N4O.HI/c1-6-7-8-9-17-15(16-5)18-10-11(2)14-12(3)19-20-13(14)4;/h11H,6-10H2,1-5H3,(H2,16,17,18);1H. The highest BCUT2D eigenvalue weighted by Gasteiger charge is 2.16. The minimum Gasteiger partial charge on any atom is -0.361 e. The molecule has 0 saturated carbocycles. The molecule has 1 rings (SSSR count). The molecule has 2 N–H and O–H groups in total. The van der Waals surface area contributed by atoms with E-state index in [2.05, 4.69) is 34.6 Å². The van der Waals surface area contributed by atoms with Crippen LogP contribution in [0, 0.1) is 13.8 Å². The molecule has 0 aliphatic heterocycles. The number of guanidine groups is 1. The van der Waals surface area contributed by atoms with Crippen molar-refractivity contribution in [3.05, 3.63) is 17.0 Å². The fraction of sp³-hybridized carbons (Fsp3) is 0.733. The minimum absolute atomic E-state index is 0. The van der Waals surface area contributed by atoms with Crippen LogP contribution in [0.3, 0.4) is 0 Å².